The van der Waals surface area contributed by atoms with Crippen LogP contribution in [0.25, 0.3) is 11.1 Å². The molecule has 0 radical (unpaired) electrons. The van der Waals surface area contributed by atoms with Crippen LogP contribution in [0.4, 0.5) is 0 Å². The van der Waals surface area contributed by atoms with Crippen molar-refractivity contribution in [3.8, 4) is 11.1 Å². The lowest BCUT2D eigenvalue weighted by Gasteiger charge is -2.08. The van der Waals surface area contributed by atoms with E-state index in [0.717, 1.165) is 20.9 Å². The van der Waals surface area contributed by atoms with E-state index < -0.39 is 0 Å². The molecular weight excluding hydrogens is 304 g/mol. The highest BCUT2D eigenvalue weighted by Gasteiger charge is 2.09. The number of hydrogen-bond donors (Lipinski definition) is 0. The molecule has 0 aliphatic rings. The summed E-state index contributed by atoms with van der Waals surface area (Å²) in [7, 11) is 0. The second-order valence-corrected chi connectivity index (χ2v) is 5.78. The van der Waals surface area contributed by atoms with Gasteiger partial charge in [-0.3, -0.25) is 0 Å². The van der Waals surface area contributed by atoms with Crippen LogP contribution in [-0.4, -0.2) is 9.73 Å². The second-order valence-electron chi connectivity index (χ2n) is 4.97. The quantitative estimate of drug-likeness (QED) is 0.461. The van der Waals surface area contributed by atoms with E-state index in [4.69, 9.17) is 24.4 Å². The summed E-state index contributed by atoms with van der Waals surface area (Å²) in [5.41, 5.74) is 4.36. The van der Waals surface area contributed by atoms with Crippen LogP contribution in [0.15, 0.2) is 84.9 Å². The number of rotatable bonds is 4. The van der Waals surface area contributed by atoms with E-state index in [2.05, 4.69) is 24.3 Å². The van der Waals surface area contributed by atoms with E-state index in [-0.39, 0.29) is 0 Å². The average molecular weight is 318 g/mol. The van der Waals surface area contributed by atoms with Crippen molar-refractivity contribution in [3.63, 3.8) is 0 Å². The molecule has 0 saturated heterocycles. The molecule has 0 saturated carbocycles. The molecule has 2 heteroatoms. The van der Waals surface area contributed by atoms with Gasteiger partial charge in [-0.05, 0) is 22.3 Å². The van der Waals surface area contributed by atoms with Crippen molar-refractivity contribution in [2.45, 2.75) is 0 Å². The molecule has 106 valence electrons. The molecule has 0 amide bonds. The zero-order chi connectivity index (χ0) is 15.4. The molecule has 3 rings (SSSR count). The molecule has 0 unspecified atom stereocenters. The minimum Gasteiger partial charge on any atom is -0.0778 e. The smallest absolute Gasteiger partial charge is 0.0636 e. The van der Waals surface area contributed by atoms with E-state index in [1.165, 1.54) is 11.1 Å². The molecule has 22 heavy (non-hydrogen) atoms. The molecule has 0 atom stereocenters. The largest absolute Gasteiger partial charge is 0.0778 e. The van der Waals surface area contributed by atoms with Gasteiger partial charge < -0.3 is 0 Å². The number of benzene rings is 3. The molecule has 0 heterocycles. The highest BCUT2D eigenvalue weighted by molar-refractivity contribution is 7.90. The van der Waals surface area contributed by atoms with Crippen LogP contribution in [0.5, 0.6) is 0 Å². The molecule has 0 fully saturated rings. The van der Waals surface area contributed by atoms with Gasteiger partial charge in [0.1, 0.15) is 0 Å². The van der Waals surface area contributed by atoms with Crippen molar-refractivity contribution in [2.24, 2.45) is 0 Å². The first-order valence-corrected chi connectivity index (χ1v) is 7.87. The summed E-state index contributed by atoms with van der Waals surface area (Å²) in [5, 5.41) is 0. The maximum absolute atomic E-state index is 5.54. The molecule has 3 aromatic rings. The van der Waals surface area contributed by atoms with Crippen molar-refractivity contribution in [1.82, 2.24) is 0 Å². The van der Waals surface area contributed by atoms with Crippen LogP contribution in [-0.2, 0) is 0 Å². The van der Waals surface area contributed by atoms with E-state index in [0.29, 0.717) is 0 Å². The van der Waals surface area contributed by atoms with E-state index in [9.17, 15) is 0 Å². The summed E-state index contributed by atoms with van der Waals surface area (Å²) in [6.07, 6.45) is 0. The molecule has 0 nitrogen and oxygen atoms in total. The zero-order valence-electron chi connectivity index (χ0n) is 11.9. The van der Waals surface area contributed by atoms with Crippen molar-refractivity contribution in [1.29, 1.82) is 0 Å². The van der Waals surface area contributed by atoms with Gasteiger partial charge >= 0.3 is 0 Å². The second kappa shape index (κ2) is 6.73. The van der Waals surface area contributed by atoms with Gasteiger partial charge in [0.25, 0.3) is 0 Å². The first-order valence-electron chi connectivity index (χ1n) is 7.05. The minimum atomic E-state index is 0.723. The van der Waals surface area contributed by atoms with Gasteiger partial charge in [-0.25, -0.2) is 0 Å². The molecule has 0 aliphatic carbocycles. The van der Waals surface area contributed by atoms with Gasteiger partial charge in [0.2, 0.25) is 0 Å². The maximum atomic E-state index is 5.54. The van der Waals surface area contributed by atoms with E-state index >= 15 is 0 Å². The topological polar surface area (TPSA) is 0 Å². The highest BCUT2D eigenvalue weighted by atomic mass is 32.1. The van der Waals surface area contributed by atoms with Crippen molar-refractivity contribution >= 4 is 34.2 Å². The van der Waals surface area contributed by atoms with Crippen molar-refractivity contribution in [3.05, 3.63) is 96.1 Å². The summed E-state index contributed by atoms with van der Waals surface area (Å²) in [6.45, 7) is 0. The Morgan fingerprint density at radius 3 is 1.41 bits per heavy atom. The third-order valence-corrected chi connectivity index (χ3v) is 4.51. The molecule has 0 bridgehead atoms. The van der Waals surface area contributed by atoms with Crippen LogP contribution < -0.4 is 0 Å². The van der Waals surface area contributed by atoms with Gasteiger partial charge in [0.15, 0.2) is 0 Å². The molecule has 0 spiro atoms. The lowest BCUT2D eigenvalue weighted by molar-refractivity contribution is 1.61. The van der Waals surface area contributed by atoms with Crippen molar-refractivity contribution < 1.29 is 0 Å². The first kappa shape index (κ1) is 14.8. The predicted molar refractivity (Wildman–Crippen MR) is 102 cm³/mol. The van der Waals surface area contributed by atoms with E-state index in [1.807, 2.05) is 60.7 Å². The Bertz CT molecular complexity index is 788. The Kier molecular flexibility index (Phi) is 4.52. The summed E-state index contributed by atoms with van der Waals surface area (Å²) >= 11 is 11.1. The third-order valence-electron chi connectivity index (χ3n) is 3.50. The van der Waals surface area contributed by atoms with Crippen LogP contribution in [0.1, 0.15) is 11.1 Å². The summed E-state index contributed by atoms with van der Waals surface area (Å²) in [4.78, 5) is 1.45. The summed E-state index contributed by atoms with van der Waals surface area (Å²) in [5.74, 6) is 0. The standard InChI is InChI=1S/C20H14S2/c21-19(17-9-5-2-6-10-17)20(22)18-13-11-16(12-14-18)15-7-3-1-4-8-15/h1-14H. The van der Waals surface area contributed by atoms with Gasteiger partial charge in [-0.2, -0.15) is 0 Å². The number of thiocarbonyl (C=S) groups is 2. The van der Waals surface area contributed by atoms with Gasteiger partial charge in [-0.1, -0.05) is 109 Å². The van der Waals surface area contributed by atoms with Gasteiger partial charge in [0.05, 0.1) is 9.73 Å². The fraction of sp³-hybridized carbons (Fsp3) is 0. The third kappa shape index (κ3) is 3.19. The zero-order valence-corrected chi connectivity index (χ0v) is 13.5. The Hall–Kier alpha value is -2.16. The van der Waals surface area contributed by atoms with Gasteiger partial charge in [-0.15, -0.1) is 0 Å². The molecule has 3 aromatic carbocycles. The fourth-order valence-electron chi connectivity index (χ4n) is 2.30. The van der Waals surface area contributed by atoms with Crippen molar-refractivity contribution in [2.75, 3.05) is 0 Å². The SMILES string of the molecule is S=C(C(=S)c1ccc(-c2ccccc2)cc1)c1ccccc1. The maximum Gasteiger partial charge on any atom is 0.0636 e. The molecule has 0 N–H and O–H groups in total. The molecule has 0 aliphatic heterocycles. The summed E-state index contributed by atoms with van der Waals surface area (Å²) < 4.78 is 0. The highest BCUT2D eigenvalue weighted by Crippen LogP contribution is 2.20. The van der Waals surface area contributed by atoms with Crippen LogP contribution >= 0.6 is 24.4 Å². The summed E-state index contributed by atoms with van der Waals surface area (Å²) in [6, 6.07) is 28.5. The normalized spacial score (nSPS) is 10.2. The van der Waals surface area contributed by atoms with Crippen LogP contribution in [0.3, 0.4) is 0 Å². The molecule has 0 aromatic heterocycles. The lowest BCUT2D eigenvalue weighted by atomic mass is 10.00. The fourth-order valence-corrected chi connectivity index (χ4v) is 2.80. The van der Waals surface area contributed by atoms with Crippen LogP contribution in [0.2, 0.25) is 0 Å². The van der Waals surface area contributed by atoms with Crippen LogP contribution in [0, 0.1) is 0 Å². The average Bonchev–Trinajstić information content (AvgIpc) is 2.62. The monoisotopic (exact) mass is 318 g/mol. The Labute approximate surface area is 141 Å². The Morgan fingerprint density at radius 2 is 0.864 bits per heavy atom. The Balaban J connectivity index is 1.84. The minimum absolute atomic E-state index is 0.723. The van der Waals surface area contributed by atoms with E-state index in [1.54, 1.807) is 0 Å². The molecular formula is C20H14S2. The predicted octanol–water partition coefficient (Wildman–Crippen LogP) is 5.49. The Morgan fingerprint density at radius 1 is 0.455 bits per heavy atom. The lowest BCUT2D eigenvalue weighted by Crippen LogP contribution is -2.11. The van der Waals surface area contributed by atoms with Gasteiger partial charge in [0, 0.05) is 0 Å². The first-order chi connectivity index (χ1) is 10.8. The number of hydrogen-bond acceptors (Lipinski definition) is 2.